The molecule has 2 nitrogen and oxygen atoms in total. The summed E-state index contributed by atoms with van der Waals surface area (Å²) in [4.78, 5) is 0. The third-order valence-corrected chi connectivity index (χ3v) is 4.27. The van der Waals surface area contributed by atoms with Crippen molar-refractivity contribution < 1.29 is 4.74 Å². The van der Waals surface area contributed by atoms with Gasteiger partial charge in [-0.2, -0.15) is 0 Å². The number of benzene rings is 1. The van der Waals surface area contributed by atoms with E-state index in [2.05, 4.69) is 51.2 Å². The highest BCUT2D eigenvalue weighted by Crippen LogP contribution is 2.33. The quantitative estimate of drug-likeness (QED) is 0.807. The largest absolute Gasteiger partial charge is 0.489 e. The van der Waals surface area contributed by atoms with Crippen molar-refractivity contribution in [1.29, 1.82) is 0 Å². The second-order valence-corrected chi connectivity index (χ2v) is 6.67. The summed E-state index contributed by atoms with van der Waals surface area (Å²) in [6.45, 7) is 8.85. The number of rotatable bonds is 5. The van der Waals surface area contributed by atoms with Crippen LogP contribution in [0.2, 0.25) is 0 Å². The van der Waals surface area contributed by atoms with Crippen LogP contribution in [0, 0.1) is 11.8 Å². The first-order valence-electron chi connectivity index (χ1n) is 8.08. The molecule has 1 saturated carbocycles. The van der Waals surface area contributed by atoms with E-state index in [0.717, 1.165) is 23.3 Å². The van der Waals surface area contributed by atoms with Crippen LogP contribution in [-0.2, 0) is 0 Å². The Morgan fingerprint density at radius 1 is 1.10 bits per heavy atom. The zero-order chi connectivity index (χ0) is 14.5. The van der Waals surface area contributed by atoms with Crippen molar-refractivity contribution in [1.82, 2.24) is 0 Å². The van der Waals surface area contributed by atoms with Crippen molar-refractivity contribution in [3.05, 3.63) is 24.3 Å². The Balaban J connectivity index is 2.02. The maximum absolute atomic E-state index is 5.90. The van der Waals surface area contributed by atoms with E-state index < -0.39 is 0 Å². The number of para-hydroxylation sites is 2. The maximum atomic E-state index is 5.90. The smallest absolute Gasteiger partial charge is 0.142 e. The SMILES string of the molecule is CC(C)Oc1ccccc1NC1CCCC(C(C)C)C1. The molecular formula is C18H29NO. The predicted octanol–water partition coefficient (Wildman–Crippen LogP) is 5.10. The molecule has 2 atom stereocenters. The molecule has 0 bridgehead atoms. The second-order valence-electron chi connectivity index (χ2n) is 6.67. The lowest BCUT2D eigenvalue weighted by molar-refractivity contribution is 0.241. The van der Waals surface area contributed by atoms with Gasteiger partial charge in [0.15, 0.2) is 0 Å². The van der Waals surface area contributed by atoms with Crippen LogP contribution in [0.3, 0.4) is 0 Å². The van der Waals surface area contributed by atoms with Gasteiger partial charge in [-0.05, 0) is 50.7 Å². The fourth-order valence-electron chi connectivity index (χ4n) is 3.13. The molecule has 0 aromatic heterocycles. The molecule has 1 aliphatic carbocycles. The molecule has 112 valence electrons. The molecule has 0 radical (unpaired) electrons. The van der Waals surface area contributed by atoms with Gasteiger partial charge < -0.3 is 10.1 Å². The fraction of sp³-hybridized carbons (Fsp3) is 0.667. The Morgan fingerprint density at radius 2 is 1.85 bits per heavy atom. The molecule has 1 aliphatic rings. The average molecular weight is 275 g/mol. The molecule has 2 rings (SSSR count). The van der Waals surface area contributed by atoms with Crippen LogP contribution in [0.5, 0.6) is 5.75 Å². The minimum absolute atomic E-state index is 0.215. The Kier molecular flexibility index (Phi) is 5.33. The zero-order valence-electron chi connectivity index (χ0n) is 13.4. The van der Waals surface area contributed by atoms with Crippen molar-refractivity contribution in [2.24, 2.45) is 11.8 Å². The molecular weight excluding hydrogens is 246 g/mol. The first-order valence-corrected chi connectivity index (χ1v) is 8.08. The summed E-state index contributed by atoms with van der Waals surface area (Å²) < 4.78 is 5.90. The summed E-state index contributed by atoms with van der Waals surface area (Å²) in [5, 5.41) is 3.71. The fourth-order valence-corrected chi connectivity index (χ4v) is 3.13. The lowest BCUT2D eigenvalue weighted by atomic mass is 9.79. The van der Waals surface area contributed by atoms with E-state index in [1.807, 2.05) is 6.07 Å². The Bertz CT molecular complexity index is 414. The third kappa shape index (κ3) is 4.16. The Labute approximate surface area is 123 Å². The van der Waals surface area contributed by atoms with Gasteiger partial charge >= 0.3 is 0 Å². The first kappa shape index (κ1) is 15.2. The number of anilines is 1. The topological polar surface area (TPSA) is 21.3 Å². The van der Waals surface area contributed by atoms with Crippen molar-refractivity contribution in [3.8, 4) is 5.75 Å². The van der Waals surface area contributed by atoms with Gasteiger partial charge in [-0.25, -0.2) is 0 Å². The summed E-state index contributed by atoms with van der Waals surface area (Å²) in [6, 6.07) is 8.91. The summed E-state index contributed by atoms with van der Waals surface area (Å²) in [7, 11) is 0. The average Bonchev–Trinajstić information content (AvgIpc) is 2.41. The van der Waals surface area contributed by atoms with E-state index in [9.17, 15) is 0 Å². The van der Waals surface area contributed by atoms with Crippen LogP contribution >= 0.6 is 0 Å². The number of nitrogens with one attached hydrogen (secondary N) is 1. The monoisotopic (exact) mass is 275 g/mol. The highest BCUT2D eigenvalue weighted by atomic mass is 16.5. The van der Waals surface area contributed by atoms with Gasteiger partial charge in [-0.1, -0.05) is 38.8 Å². The predicted molar refractivity (Wildman–Crippen MR) is 86.4 cm³/mol. The zero-order valence-corrected chi connectivity index (χ0v) is 13.4. The van der Waals surface area contributed by atoms with Gasteiger partial charge in [0, 0.05) is 6.04 Å². The maximum Gasteiger partial charge on any atom is 0.142 e. The van der Waals surface area contributed by atoms with Crippen LogP contribution in [0.4, 0.5) is 5.69 Å². The van der Waals surface area contributed by atoms with Gasteiger partial charge in [-0.15, -0.1) is 0 Å². The normalized spacial score (nSPS) is 23.1. The molecule has 0 heterocycles. The molecule has 2 unspecified atom stereocenters. The van der Waals surface area contributed by atoms with Crippen LogP contribution in [-0.4, -0.2) is 12.1 Å². The third-order valence-electron chi connectivity index (χ3n) is 4.27. The van der Waals surface area contributed by atoms with Crippen LogP contribution in [0.15, 0.2) is 24.3 Å². The molecule has 0 saturated heterocycles. The molecule has 2 heteroatoms. The number of hydrogen-bond acceptors (Lipinski definition) is 2. The van der Waals surface area contributed by atoms with E-state index in [1.165, 1.54) is 25.7 Å². The minimum Gasteiger partial charge on any atom is -0.489 e. The molecule has 1 N–H and O–H groups in total. The number of ether oxygens (including phenoxy) is 1. The molecule has 20 heavy (non-hydrogen) atoms. The minimum atomic E-state index is 0.215. The van der Waals surface area contributed by atoms with E-state index >= 15 is 0 Å². The van der Waals surface area contributed by atoms with Crippen molar-refractivity contribution >= 4 is 5.69 Å². The van der Waals surface area contributed by atoms with Crippen LogP contribution < -0.4 is 10.1 Å². The summed E-state index contributed by atoms with van der Waals surface area (Å²) in [6.07, 6.45) is 5.51. The standard InChI is InChI=1S/C18H29NO/c1-13(2)15-8-7-9-16(12-15)19-17-10-5-6-11-18(17)20-14(3)4/h5-6,10-11,13-16,19H,7-9,12H2,1-4H3. The van der Waals surface area contributed by atoms with E-state index in [0.29, 0.717) is 6.04 Å². The Morgan fingerprint density at radius 3 is 2.55 bits per heavy atom. The molecule has 0 aliphatic heterocycles. The summed E-state index contributed by atoms with van der Waals surface area (Å²) in [5.74, 6) is 2.63. The lowest BCUT2D eigenvalue weighted by Crippen LogP contribution is -2.29. The van der Waals surface area contributed by atoms with Crippen molar-refractivity contribution in [2.45, 2.75) is 65.5 Å². The van der Waals surface area contributed by atoms with E-state index in [4.69, 9.17) is 4.74 Å². The van der Waals surface area contributed by atoms with Gasteiger partial charge in [0.05, 0.1) is 11.8 Å². The molecule has 0 amide bonds. The van der Waals surface area contributed by atoms with Gasteiger partial charge in [0.25, 0.3) is 0 Å². The molecule has 0 spiro atoms. The van der Waals surface area contributed by atoms with Gasteiger partial charge in [0.2, 0.25) is 0 Å². The first-order chi connectivity index (χ1) is 9.56. The van der Waals surface area contributed by atoms with Crippen molar-refractivity contribution in [2.75, 3.05) is 5.32 Å². The van der Waals surface area contributed by atoms with Gasteiger partial charge in [-0.3, -0.25) is 0 Å². The second kappa shape index (κ2) is 7.01. The molecule has 1 fully saturated rings. The summed E-state index contributed by atoms with van der Waals surface area (Å²) in [5.41, 5.74) is 1.15. The van der Waals surface area contributed by atoms with E-state index in [1.54, 1.807) is 0 Å². The highest BCUT2D eigenvalue weighted by molar-refractivity contribution is 5.56. The van der Waals surface area contributed by atoms with Crippen LogP contribution in [0.1, 0.15) is 53.4 Å². The summed E-state index contributed by atoms with van der Waals surface area (Å²) >= 11 is 0. The molecule has 1 aromatic rings. The Hall–Kier alpha value is -1.18. The molecule has 1 aromatic carbocycles. The van der Waals surface area contributed by atoms with E-state index in [-0.39, 0.29) is 6.10 Å². The van der Waals surface area contributed by atoms with Gasteiger partial charge in [0.1, 0.15) is 5.75 Å². The lowest BCUT2D eigenvalue weighted by Gasteiger charge is -2.33. The van der Waals surface area contributed by atoms with Crippen molar-refractivity contribution in [3.63, 3.8) is 0 Å². The van der Waals surface area contributed by atoms with Crippen LogP contribution in [0.25, 0.3) is 0 Å². The highest BCUT2D eigenvalue weighted by Gasteiger charge is 2.24. The number of hydrogen-bond donors (Lipinski definition) is 1.